The van der Waals surface area contributed by atoms with Gasteiger partial charge in [0.25, 0.3) is 0 Å². The quantitative estimate of drug-likeness (QED) is 0.369. The van der Waals surface area contributed by atoms with Crippen LogP contribution in [0.15, 0.2) is 12.7 Å². The lowest BCUT2D eigenvalue weighted by molar-refractivity contribution is -0.162. The van der Waals surface area contributed by atoms with E-state index in [4.69, 9.17) is 9.53 Å². The van der Waals surface area contributed by atoms with Gasteiger partial charge in [0.05, 0.1) is 17.4 Å². The first-order valence-electron chi connectivity index (χ1n) is 8.08. The summed E-state index contributed by atoms with van der Waals surface area (Å²) in [5, 5.41) is 8.83. The number of β-lactam (4-membered cyclic amide) rings is 1. The zero-order chi connectivity index (χ0) is 17.8. The van der Waals surface area contributed by atoms with Gasteiger partial charge in [-0.15, -0.1) is 18.3 Å². The number of carboxylic acids is 1. The van der Waals surface area contributed by atoms with E-state index in [1.165, 1.54) is 4.90 Å². The van der Waals surface area contributed by atoms with Crippen molar-refractivity contribution in [1.82, 2.24) is 4.90 Å². The fourth-order valence-electron chi connectivity index (χ4n) is 2.82. The number of thioether (sulfide) groups is 1. The summed E-state index contributed by atoms with van der Waals surface area (Å²) in [6, 6.07) is 0. The van der Waals surface area contributed by atoms with Crippen LogP contribution < -0.4 is 0 Å². The molecule has 0 aromatic carbocycles. The second kappa shape index (κ2) is 8.35. The summed E-state index contributed by atoms with van der Waals surface area (Å²) in [5.74, 6) is -0.682. The van der Waals surface area contributed by atoms with Crippen LogP contribution in [0.25, 0.3) is 0 Å². The molecule has 0 spiro atoms. The third-order valence-corrected chi connectivity index (χ3v) is 9.75. The van der Waals surface area contributed by atoms with Crippen molar-refractivity contribution in [2.75, 3.05) is 12.3 Å². The van der Waals surface area contributed by atoms with E-state index in [2.05, 4.69) is 33.5 Å². The molecule has 1 saturated heterocycles. The molecule has 7 heteroatoms. The molecule has 0 aromatic heterocycles. The van der Waals surface area contributed by atoms with Gasteiger partial charge in [-0.25, -0.2) is 0 Å². The predicted octanol–water partition coefficient (Wildman–Crippen LogP) is 3.19. The molecule has 0 aliphatic carbocycles. The Hall–Kier alpha value is -0.793. The van der Waals surface area contributed by atoms with Crippen LogP contribution in [0.3, 0.4) is 0 Å². The summed E-state index contributed by atoms with van der Waals surface area (Å²) in [6.07, 6.45) is 2.64. The van der Waals surface area contributed by atoms with Gasteiger partial charge in [-0.2, -0.15) is 0 Å². The topological polar surface area (TPSA) is 66.8 Å². The highest BCUT2D eigenvalue weighted by Gasteiger charge is 2.52. The first-order valence-corrected chi connectivity index (χ1v) is 12.1. The van der Waals surface area contributed by atoms with Gasteiger partial charge < -0.3 is 14.4 Å². The fraction of sp³-hybridized carbons (Fsp3) is 0.750. The molecule has 1 heterocycles. The van der Waals surface area contributed by atoms with Crippen LogP contribution in [0.1, 0.15) is 27.2 Å². The lowest BCUT2D eigenvalue weighted by Crippen LogP contribution is -2.65. The third kappa shape index (κ3) is 4.84. The van der Waals surface area contributed by atoms with E-state index in [0.29, 0.717) is 11.3 Å². The molecule has 132 valence electrons. The standard InChI is InChI=1S/C16H29NO4SSi/c1-7-9-22-16-14(15(20)17(16)10-13(18)19)12(4)21-23(5,6)11(3)8-2/h7,11-12,14,16H,1,8-10H2,2-6H3,(H,18,19)/t11?,12-,14+,16-/m1/s1. The Bertz CT molecular complexity index is 457. The molecule has 1 fully saturated rings. The van der Waals surface area contributed by atoms with E-state index in [1.54, 1.807) is 17.8 Å². The Morgan fingerprint density at radius 3 is 2.61 bits per heavy atom. The number of carboxylic acid groups (broad SMARTS) is 1. The number of hydrogen-bond acceptors (Lipinski definition) is 4. The van der Waals surface area contributed by atoms with Gasteiger partial charge in [-0.1, -0.05) is 26.3 Å². The Kier molecular flexibility index (Phi) is 7.35. The van der Waals surface area contributed by atoms with Gasteiger partial charge in [0, 0.05) is 5.75 Å². The number of aliphatic carboxylic acids is 1. The highest BCUT2D eigenvalue weighted by Crippen LogP contribution is 2.40. The molecule has 1 aliphatic heterocycles. The van der Waals surface area contributed by atoms with Gasteiger partial charge in [0.15, 0.2) is 8.32 Å². The molecular formula is C16H29NO4SSi. The van der Waals surface area contributed by atoms with Crippen LogP contribution in [0, 0.1) is 5.92 Å². The molecule has 4 atom stereocenters. The maximum absolute atomic E-state index is 12.4. The molecule has 1 rings (SSSR count). The van der Waals surface area contributed by atoms with Crippen molar-refractivity contribution in [2.24, 2.45) is 5.92 Å². The minimum atomic E-state index is -1.88. The predicted molar refractivity (Wildman–Crippen MR) is 97.0 cm³/mol. The monoisotopic (exact) mass is 359 g/mol. The molecule has 1 aliphatic rings. The number of likely N-dealkylation sites (tertiary alicyclic amines) is 1. The zero-order valence-corrected chi connectivity index (χ0v) is 16.6. The lowest BCUT2D eigenvalue weighted by atomic mass is 9.93. The van der Waals surface area contributed by atoms with Gasteiger partial charge in [-0.05, 0) is 25.6 Å². The van der Waals surface area contributed by atoms with Crippen molar-refractivity contribution < 1.29 is 19.1 Å². The summed E-state index contributed by atoms with van der Waals surface area (Å²) in [4.78, 5) is 24.8. The van der Waals surface area contributed by atoms with Gasteiger partial charge >= 0.3 is 5.97 Å². The maximum Gasteiger partial charge on any atom is 0.323 e. The number of rotatable bonds is 10. The van der Waals surface area contributed by atoms with E-state index in [0.717, 1.165) is 6.42 Å². The van der Waals surface area contributed by atoms with Gasteiger partial charge in [0.1, 0.15) is 6.54 Å². The van der Waals surface area contributed by atoms with Crippen molar-refractivity contribution in [2.45, 2.75) is 57.3 Å². The van der Waals surface area contributed by atoms with Crippen molar-refractivity contribution in [3.8, 4) is 0 Å². The van der Waals surface area contributed by atoms with Crippen LogP contribution in [-0.4, -0.2) is 54.0 Å². The first-order chi connectivity index (χ1) is 10.7. The van der Waals surface area contributed by atoms with E-state index in [1.807, 2.05) is 6.92 Å². The summed E-state index contributed by atoms with van der Waals surface area (Å²) in [5.41, 5.74) is 0.509. The van der Waals surface area contributed by atoms with Crippen LogP contribution >= 0.6 is 11.8 Å². The highest BCUT2D eigenvalue weighted by molar-refractivity contribution is 8.00. The third-order valence-electron chi connectivity index (χ3n) is 4.67. The SMILES string of the molecule is C=CCS[C@@H]1[C@@H]([C@@H](C)O[Si](C)(C)C(C)CC)C(=O)N1CC(=O)O. The Morgan fingerprint density at radius 2 is 2.13 bits per heavy atom. The normalized spacial score (nSPS) is 24.0. The Morgan fingerprint density at radius 1 is 1.52 bits per heavy atom. The van der Waals surface area contributed by atoms with Crippen LogP contribution in [0.2, 0.25) is 18.6 Å². The van der Waals surface area contributed by atoms with E-state index in [9.17, 15) is 9.59 Å². The number of nitrogens with zero attached hydrogens (tertiary/aromatic N) is 1. The molecule has 1 amide bonds. The average Bonchev–Trinajstić information content (AvgIpc) is 2.46. The van der Waals surface area contributed by atoms with Crippen molar-refractivity contribution >= 4 is 32.0 Å². The Labute approximate surface area is 144 Å². The van der Waals surface area contributed by atoms with Crippen molar-refractivity contribution in [3.05, 3.63) is 12.7 Å². The largest absolute Gasteiger partial charge is 0.480 e. The molecule has 23 heavy (non-hydrogen) atoms. The van der Waals surface area contributed by atoms with Crippen LogP contribution in [0.5, 0.6) is 0 Å². The molecule has 0 aromatic rings. The number of amides is 1. The maximum atomic E-state index is 12.4. The molecule has 1 unspecified atom stereocenters. The molecule has 5 nitrogen and oxygen atoms in total. The zero-order valence-electron chi connectivity index (χ0n) is 14.7. The minimum absolute atomic E-state index is 0.115. The molecule has 0 radical (unpaired) electrons. The molecule has 0 bridgehead atoms. The van der Waals surface area contributed by atoms with E-state index < -0.39 is 14.3 Å². The van der Waals surface area contributed by atoms with Crippen molar-refractivity contribution in [3.63, 3.8) is 0 Å². The Balaban J connectivity index is 2.80. The first kappa shape index (κ1) is 20.3. The lowest BCUT2D eigenvalue weighted by Gasteiger charge is -2.49. The minimum Gasteiger partial charge on any atom is -0.480 e. The van der Waals surface area contributed by atoms with E-state index in [-0.39, 0.29) is 29.8 Å². The van der Waals surface area contributed by atoms with Gasteiger partial charge in [0.2, 0.25) is 5.91 Å². The molecule has 0 saturated carbocycles. The number of carbonyl (C=O) groups excluding carboxylic acids is 1. The smallest absolute Gasteiger partial charge is 0.323 e. The second-order valence-electron chi connectivity index (χ2n) is 6.63. The van der Waals surface area contributed by atoms with Crippen LogP contribution in [0.4, 0.5) is 0 Å². The summed E-state index contributed by atoms with van der Waals surface area (Å²) in [7, 11) is -1.88. The summed E-state index contributed by atoms with van der Waals surface area (Å²) in [6.45, 7) is 14.1. The molecular weight excluding hydrogens is 330 g/mol. The second-order valence-corrected chi connectivity index (χ2v) is 12.2. The van der Waals surface area contributed by atoms with Crippen LogP contribution in [-0.2, 0) is 14.0 Å². The number of carbonyl (C=O) groups is 2. The highest BCUT2D eigenvalue weighted by atomic mass is 32.2. The summed E-state index contributed by atoms with van der Waals surface area (Å²) < 4.78 is 6.33. The summed E-state index contributed by atoms with van der Waals surface area (Å²) >= 11 is 1.55. The number of hydrogen-bond donors (Lipinski definition) is 1. The van der Waals surface area contributed by atoms with Crippen molar-refractivity contribution in [1.29, 1.82) is 0 Å². The van der Waals surface area contributed by atoms with E-state index >= 15 is 0 Å². The fourth-order valence-corrected chi connectivity index (χ4v) is 6.37. The van der Waals surface area contributed by atoms with Gasteiger partial charge in [-0.3, -0.25) is 9.59 Å². The molecule has 1 N–H and O–H groups in total. The average molecular weight is 360 g/mol.